The van der Waals surface area contributed by atoms with E-state index in [9.17, 15) is 0 Å². The molecule has 114 valence electrons. The summed E-state index contributed by atoms with van der Waals surface area (Å²) in [6.45, 7) is 15.2. The Labute approximate surface area is 135 Å². The molecule has 0 amide bonds. The highest BCUT2D eigenvalue weighted by Crippen LogP contribution is 2.29. The van der Waals surface area contributed by atoms with Crippen LogP contribution in [-0.2, 0) is 4.43 Å². The Morgan fingerprint density at radius 2 is 1.75 bits per heavy atom. The predicted molar refractivity (Wildman–Crippen MR) is 95.2 cm³/mol. The molecule has 0 aromatic heterocycles. The lowest BCUT2D eigenvalue weighted by atomic mass is 9.83. The van der Waals surface area contributed by atoms with Gasteiger partial charge < -0.3 is 4.43 Å². The van der Waals surface area contributed by atoms with E-state index in [1.165, 1.54) is 0 Å². The third-order valence-corrected chi connectivity index (χ3v) is 8.33. The first-order chi connectivity index (χ1) is 8.91. The minimum atomic E-state index is -1.70. The van der Waals surface area contributed by atoms with Crippen LogP contribution >= 0.6 is 15.9 Å². The second-order valence-corrected chi connectivity index (χ2v) is 13.5. The van der Waals surface area contributed by atoms with E-state index in [0.29, 0.717) is 0 Å². The average Bonchev–Trinajstić information content (AvgIpc) is 2.24. The Morgan fingerprint density at radius 1 is 1.20 bits per heavy atom. The van der Waals surface area contributed by atoms with Crippen LogP contribution in [0.15, 0.2) is 0 Å². The lowest BCUT2D eigenvalue weighted by Crippen LogP contribution is -2.39. The molecule has 0 heterocycles. The molecule has 0 aliphatic rings. The van der Waals surface area contributed by atoms with E-state index >= 15 is 0 Å². The Kier molecular flexibility index (Phi) is 7.60. The second-order valence-electron chi connectivity index (χ2n) is 7.77. The first kappa shape index (κ1) is 19.8. The number of rotatable bonds is 6. The number of hydrogen-bond donors (Lipinski definition) is 0. The summed E-state index contributed by atoms with van der Waals surface area (Å²) in [6.07, 6.45) is 7.06. The molecule has 0 aromatic rings. The van der Waals surface area contributed by atoms with Crippen LogP contribution < -0.4 is 0 Å². The lowest BCUT2D eigenvalue weighted by molar-refractivity contribution is 0.176. The summed E-state index contributed by atoms with van der Waals surface area (Å²) in [6, 6.07) is 0. The molecule has 0 spiro atoms. The van der Waals surface area contributed by atoms with E-state index in [2.05, 4.69) is 81.4 Å². The van der Waals surface area contributed by atoms with Gasteiger partial charge in [0.05, 0.1) is 0 Å². The maximum atomic E-state index is 6.31. The van der Waals surface area contributed by atoms with Gasteiger partial charge in [0.15, 0.2) is 8.32 Å². The van der Waals surface area contributed by atoms with Crippen molar-refractivity contribution in [3.05, 3.63) is 0 Å². The van der Waals surface area contributed by atoms with Gasteiger partial charge in [0.2, 0.25) is 0 Å². The molecule has 0 saturated carbocycles. The molecule has 0 rings (SSSR count). The maximum absolute atomic E-state index is 6.31. The summed E-state index contributed by atoms with van der Waals surface area (Å²) < 4.78 is 6.31. The molecule has 0 bridgehead atoms. The standard InChI is InChI=1S/C17H29BrOSi/c1-9-11-17(5,6)13-15(10-12-16(2,3)4)19-20(7,8)14-18/h1,15H,11,13-14H2,2-8H3. The fraction of sp³-hybridized carbons (Fsp3) is 0.765. The molecule has 0 saturated heterocycles. The van der Waals surface area contributed by atoms with Gasteiger partial charge in [-0.25, -0.2) is 0 Å². The summed E-state index contributed by atoms with van der Waals surface area (Å²) in [5, 5.41) is 0. The Hall–Kier alpha value is -0.223. The number of terminal acetylenes is 1. The van der Waals surface area contributed by atoms with Crippen LogP contribution in [0.25, 0.3) is 0 Å². The van der Waals surface area contributed by atoms with Crippen LogP contribution in [0.2, 0.25) is 13.1 Å². The van der Waals surface area contributed by atoms with Crippen molar-refractivity contribution in [3.63, 3.8) is 0 Å². The van der Waals surface area contributed by atoms with Crippen LogP contribution in [-0.4, -0.2) is 19.4 Å². The highest BCUT2D eigenvalue weighted by Gasteiger charge is 2.29. The van der Waals surface area contributed by atoms with Crippen LogP contribution in [0.4, 0.5) is 0 Å². The molecule has 1 nitrogen and oxygen atoms in total. The summed E-state index contributed by atoms with van der Waals surface area (Å²) in [7, 11) is -1.70. The Bertz CT molecular complexity index is 401. The Morgan fingerprint density at radius 3 is 2.15 bits per heavy atom. The molecule has 3 heteroatoms. The first-order valence-electron chi connectivity index (χ1n) is 7.11. The molecular formula is C17H29BrOSi. The van der Waals surface area contributed by atoms with Gasteiger partial charge in [-0.3, -0.25) is 0 Å². The summed E-state index contributed by atoms with van der Waals surface area (Å²) in [5.74, 6) is 9.41. The third kappa shape index (κ3) is 9.64. The molecule has 0 fully saturated rings. The van der Waals surface area contributed by atoms with E-state index in [1.807, 2.05) is 0 Å². The van der Waals surface area contributed by atoms with Gasteiger partial charge in [-0.1, -0.05) is 41.6 Å². The normalized spacial score (nSPS) is 14.2. The topological polar surface area (TPSA) is 9.23 Å². The van der Waals surface area contributed by atoms with E-state index in [1.54, 1.807) is 0 Å². The van der Waals surface area contributed by atoms with E-state index in [-0.39, 0.29) is 16.9 Å². The van der Waals surface area contributed by atoms with Crippen LogP contribution in [0.3, 0.4) is 0 Å². The molecular weight excluding hydrogens is 328 g/mol. The van der Waals surface area contributed by atoms with E-state index in [0.717, 1.165) is 17.8 Å². The number of hydrogen-bond acceptors (Lipinski definition) is 1. The van der Waals surface area contributed by atoms with Gasteiger partial charge in [0.1, 0.15) is 6.10 Å². The van der Waals surface area contributed by atoms with E-state index < -0.39 is 8.32 Å². The molecule has 0 aliphatic heterocycles. The molecule has 0 N–H and O–H groups in total. The van der Waals surface area contributed by atoms with Crippen molar-refractivity contribution < 1.29 is 4.43 Å². The monoisotopic (exact) mass is 356 g/mol. The average molecular weight is 357 g/mol. The zero-order chi connectivity index (χ0) is 16.0. The van der Waals surface area contributed by atoms with Crippen LogP contribution in [0.5, 0.6) is 0 Å². The van der Waals surface area contributed by atoms with Crippen molar-refractivity contribution in [2.75, 3.05) is 4.95 Å². The number of alkyl halides is 1. The van der Waals surface area contributed by atoms with Gasteiger partial charge in [0, 0.05) is 16.8 Å². The third-order valence-electron chi connectivity index (χ3n) is 2.71. The highest BCUT2D eigenvalue weighted by molar-refractivity contribution is 9.09. The van der Waals surface area contributed by atoms with Crippen molar-refractivity contribution in [2.24, 2.45) is 10.8 Å². The second kappa shape index (κ2) is 7.69. The van der Waals surface area contributed by atoms with Crippen molar-refractivity contribution >= 4 is 24.2 Å². The van der Waals surface area contributed by atoms with Gasteiger partial charge >= 0.3 is 0 Å². The molecule has 0 radical (unpaired) electrons. The minimum absolute atomic E-state index is 0.00201. The van der Waals surface area contributed by atoms with Crippen molar-refractivity contribution in [1.82, 2.24) is 0 Å². The quantitative estimate of drug-likeness (QED) is 0.369. The maximum Gasteiger partial charge on any atom is 0.198 e. The lowest BCUT2D eigenvalue weighted by Gasteiger charge is -2.31. The minimum Gasteiger partial charge on any atom is -0.403 e. The Balaban J connectivity index is 5.07. The van der Waals surface area contributed by atoms with Gasteiger partial charge in [-0.15, -0.1) is 12.3 Å². The molecule has 20 heavy (non-hydrogen) atoms. The predicted octanol–water partition coefficient (Wildman–Crippen LogP) is 5.00. The smallest absolute Gasteiger partial charge is 0.198 e. The molecule has 0 aromatic carbocycles. The fourth-order valence-electron chi connectivity index (χ4n) is 1.69. The zero-order valence-corrected chi connectivity index (χ0v) is 16.6. The summed E-state index contributed by atoms with van der Waals surface area (Å²) in [4.78, 5) is 0.920. The van der Waals surface area contributed by atoms with E-state index in [4.69, 9.17) is 10.8 Å². The van der Waals surface area contributed by atoms with Crippen LogP contribution in [0, 0.1) is 35.0 Å². The highest BCUT2D eigenvalue weighted by atomic mass is 79.9. The van der Waals surface area contributed by atoms with Gasteiger partial charge in [-0.2, -0.15) is 0 Å². The van der Waals surface area contributed by atoms with Crippen LogP contribution in [0.1, 0.15) is 47.5 Å². The largest absolute Gasteiger partial charge is 0.403 e. The molecule has 0 aliphatic carbocycles. The number of halogens is 1. The van der Waals surface area contributed by atoms with Crippen molar-refractivity contribution in [3.8, 4) is 24.2 Å². The first-order valence-corrected chi connectivity index (χ1v) is 11.3. The summed E-state index contributed by atoms with van der Waals surface area (Å²) >= 11 is 3.56. The van der Waals surface area contributed by atoms with Crippen molar-refractivity contribution in [1.29, 1.82) is 0 Å². The zero-order valence-electron chi connectivity index (χ0n) is 14.1. The fourth-order valence-corrected chi connectivity index (χ4v) is 3.06. The van der Waals surface area contributed by atoms with Gasteiger partial charge in [0.25, 0.3) is 0 Å². The van der Waals surface area contributed by atoms with Gasteiger partial charge in [-0.05, 0) is 45.7 Å². The summed E-state index contributed by atoms with van der Waals surface area (Å²) in [5.41, 5.74) is 0.0563. The molecule has 1 unspecified atom stereocenters. The van der Waals surface area contributed by atoms with Crippen molar-refractivity contribution in [2.45, 2.75) is 66.7 Å². The SMILES string of the molecule is C#CCC(C)(C)CC(C#CC(C)(C)C)O[Si](C)(C)CBr. The molecule has 1 atom stereocenters.